The van der Waals surface area contributed by atoms with Crippen molar-refractivity contribution in [3.63, 3.8) is 0 Å². The molecule has 1 aromatic heterocycles. The Morgan fingerprint density at radius 2 is 2.22 bits per heavy atom. The number of carbonyl (C=O) groups is 2. The van der Waals surface area contributed by atoms with E-state index in [-0.39, 0.29) is 36.5 Å². The Kier molecular flexibility index (Phi) is 6.17. The number of amides is 1. The summed E-state index contributed by atoms with van der Waals surface area (Å²) in [4.78, 5) is 25.4. The average Bonchev–Trinajstić information content (AvgIpc) is 3.13. The molecule has 1 atom stereocenters. The molecule has 0 saturated carbocycles. The first-order chi connectivity index (χ1) is 10.9. The Morgan fingerprint density at radius 1 is 1.43 bits per heavy atom. The van der Waals surface area contributed by atoms with Crippen LogP contribution in [0.5, 0.6) is 0 Å². The van der Waals surface area contributed by atoms with Gasteiger partial charge in [0.1, 0.15) is 0 Å². The van der Waals surface area contributed by atoms with E-state index in [0.29, 0.717) is 19.4 Å². The molecule has 0 aromatic carbocycles. The zero-order valence-electron chi connectivity index (χ0n) is 13.1. The summed E-state index contributed by atoms with van der Waals surface area (Å²) >= 11 is 1.57. The molecule has 1 aliphatic heterocycles. The van der Waals surface area contributed by atoms with Crippen molar-refractivity contribution in [1.82, 2.24) is 4.90 Å². The molecule has 0 spiro atoms. The summed E-state index contributed by atoms with van der Waals surface area (Å²) in [5.41, 5.74) is 1.07. The predicted octanol–water partition coefficient (Wildman–Crippen LogP) is 1.26. The number of aryl methyl sites for hydroxylation is 1. The van der Waals surface area contributed by atoms with Crippen molar-refractivity contribution < 1.29 is 22.7 Å². The van der Waals surface area contributed by atoms with Gasteiger partial charge in [0.05, 0.1) is 11.5 Å². The summed E-state index contributed by atoms with van der Waals surface area (Å²) in [6.45, 7) is 1.87. The molecule has 0 radical (unpaired) electrons. The maximum Gasteiger partial charge on any atom is 0.306 e. The van der Waals surface area contributed by atoms with Gasteiger partial charge in [-0.05, 0) is 42.2 Å². The SMILES string of the molecule is CCN(C(=O)COC(=O)CCc1ccsc1)C1CCS(=O)(=O)C1. The van der Waals surface area contributed by atoms with Crippen LogP contribution in [0.25, 0.3) is 0 Å². The van der Waals surface area contributed by atoms with Crippen LogP contribution < -0.4 is 0 Å². The highest BCUT2D eigenvalue weighted by molar-refractivity contribution is 7.91. The lowest BCUT2D eigenvalue weighted by atomic mass is 10.2. The second-order valence-corrected chi connectivity index (χ2v) is 8.54. The smallest absolute Gasteiger partial charge is 0.306 e. The van der Waals surface area contributed by atoms with Gasteiger partial charge in [-0.3, -0.25) is 9.59 Å². The van der Waals surface area contributed by atoms with Crippen LogP contribution in [0.4, 0.5) is 0 Å². The van der Waals surface area contributed by atoms with Crippen molar-refractivity contribution in [1.29, 1.82) is 0 Å². The van der Waals surface area contributed by atoms with Gasteiger partial charge >= 0.3 is 5.97 Å². The first-order valence-electron chi connectivity index (χ1n) is 7.58. The van der Waals surface area contributed by atoms with Crippen molar-refractivity contribution in [2.24, 2.45) is 0 Å². The van der Waals surface area contributed by atoms with Gasteiger partial charge in [0.2, 0.25) is 0 Å². The van der Waals surface area contributed by atoms with Crippen molar-refractivity contribution in [2.45, 2.75) is 32.2 Å². The van der Waals surface area contributed by atoms with Gasteiger partial charge < -0.3 is 9.64 Å². The van der Waals surface area contributed by atoms with Crippen molar-refractivity contribution in [3.8, 4) is 0 Å². The van der Waals surface area contributed by atoms with E-state index in [4.69, 9.17) is 4.74 Å². The lowest BCUT2D eigenvalue weighted by molar-refractivity contribution is -0.152. The van der Waals surface area contributed by atoms with Gasteiger partial charge in [0.15, 0.2) is 16.4 Å². The summed E-state index contributed by atoms with van der Waals surface area (Å²) in [6.07, 6.45) is 1.27. The Labute approximate surface area is 140 Å². The fourth-order valence-corrected chi connectivity index (χ4v) is 5.07. The number of likely N-dealkylation sites (N-methyl/N-ethyl adjacent to an activating group) is 1. The molecule has 1 unspecified atom stereocenters. The first-order valence-corrected chi connectivity index (χ1v) is 10.3. The van der Waals surface area contributed by atoms with E-state index >= 15 is 0 Å². The number of sulfone groups is 1. The number of nitrogens with zero attached hydrogens (tertiary/aromatic N) is 1. The fourth-order valence-electron chi connectivity index (χ4n) is 2.64. The van der Waals surface area contributed by atoms with Gasteiger partial charge in [-0.2, -0.15) is 11.3 Å². The maximum absolute atomic E-state index is 12.2. The van der Waals surface area contributed by atoms with Crippen LogP contribution in [0, 0.1) is 0 Å². The van der Waals surface area contributed by atoms with Crippen molar-refractivity contribution in [2.75, 3.05) is 24.7 Å². The fraction of sp³-hybridized carbons (Fsp3) is 0.600. The number of hydrogen-bond donors (Lipinski definition) is 0. The topological polar surface area (TPSA) is 80.8 Å². The molecular formula is C15H21NO5S2. The molecule has 1 amide bonds. The van der Waals surface area contributed by atoms with E-state index in [0.717, 1.165) is 5.56 Å². The lowest BCUT2D eigenvalue weighted by Crippen LogP contribution is -2.43. The van der Waals surface area contributed by atoms with E-state index < -0.39 is 15.8 Å². The van der Waals surface area contributed by atoms with Crippen LogP contribution in [-0.2, 0) is 30.6 Å². The number of rotatable bonds is 7. The third kappa shape index (κ3) is 5.31. The van der Waals surface area contributed by atoms with Crippen LogP contribution in [0.15, 0.2) is 16.8 Å². The molecule has 23 heavy (non-hydrogen) atoms. The Morgan fingerprint density at radius 3 is 2.78 bits per heavy atom. The van der Waals surface area contributed by atoms with Crippen LogP contribution in [-0.4, -0.2) is 55.9 Å². The summed E-state index contributed by atoms with van der Waals surface area (Å²) in [6, 6.07) is 1.64. The van der Waals surface area contributed by atoms with Crippen molar-refractivity contribution >= 4 is 33.1 Å². The lowest BCUT2D eigenvalue weighted by Gasteiger charge is -2.26. The molecule has 2 heterocycles. The Balaban J connectivity index is 1.77. The average molecular weight is 359 g/mol. The van der Waals surface area contributed by atoms with Gasteiger partial charge in [0, 0.05) is 19.0 Å². The Bertz CT molecular complexity index is 639. The molecule has 1 aromatic rings. The predicted molar refractivity (Wildman–Crippen MR) is 88.0 cm³/mol. The molecule has 0 aliphatic carbocycles. The summed E-state index contributed by atoms with van der Waals surface area (Å²) in [7, 11) is -3.05. The maximum atomic E-state index is 12.2. The highest BCUT2D eigenvalue weighted by atomic mass is 32.2. The quantitative estimate of drug-likeness (QED) is 0.685. The van der Waals surface area contributed by atoms with E-state index in [1.807, 2.05) is 16.8 Å². The van der Waals surface area contributed by atoms with Crippen LogP contribution in [0.1, 0.15) is 25.3 Å². The highest BCUT2D eigenvalue weighted by Crippen LogP contribution is 2.18. The van der Waals surface area contributed by atoms with E-state index in [9.17, 15) is 18.0 Å². The molecular weight excluding hydrogens is 338 g/mol. The number of ether oxygens (including phenoxy) is 1. The van der Waals surface area contributed by atoms with E-state index in [1.54, 1.807) is 18.3 Å². The largest absolute Gasteiger partial charge is 0.456 e. The molecule has 128 valence electrons. The van der Waals surface area contributed by atoms with Crippen LogP contribution in [0.2, 0.25) is 0 Å². The number of hydrogen-bond acceptors (Lipinski definition) is 6. The van der Waals surface area contributed by atoms with E-state index in [1.165, 1.54) is 4.90 Å². The zero-order chi connectivity index (χ0) is 16.9. The van der Waals surface area contributed by atoms with Crippen LogP contribution in [0.3, 0.4) is 0 Å². The third-order valence-electron chi connectivity index (χ3n) is 3.86. The highest BCUT2D eigenvalue weighted by Gasteiger charge is 2.34. The first kappa shape index (κ1) is 17.9. The van der Waals surface area contributed by atoms with E-state index in [2.05, 4.69) is 0 Å². The minimum absolute atomic E-state index is 0.00131. The minimum Gasteiger partial charge on any atom is -0.456 e. The summed E-state index contributed by atoms with van der Waals surface area (Å²) < 4.78 is 28.1. The summed E-state index contributed by atoms with van der Waals surface area (Å²) in [5, 5.41) is 3.91. The molecule has 1 fully saturated rings. The monoisotopic (exact) mass is 359 g/mol. The zero-order valence-corrected chi connectivity index (χ0v) is 14.7. The Hall–Kier alpha value is -1.41. The summed E-state index contributed by atoms with van der Waals surface area (Å²) in [5.74, 6) is -0.640. The second kappa shape index (κ2) is 7.92. The molecule has 0 bridgehead atoms. The van der Waals surface area contributed by atoms with Crippen molar-refractivity contribution in [3.05, 3.63) is 22.4 Å². The standard InChI is InChI=1S/C15H21NO5S2/c1-2-16(13-6-8-23(19,20)11-13)14(17)9-21-15(18)4-3-12-5-7-22-10-12/h5,7,10,13H,2-4,6,8-9,11H2,1H3. The minimum atomic E-state index is -3.05. The normalized spacial score (nSPS) is 19.4. The van der Waals surface area contributed by atoms with Gasteiger partial charge in [-0.1, -0.05) is 0 Å². The number of esters is 1. The molecule has 6 nitrogen and oxygen atoms in total. The molecule has 8 heteroatoms. The third-order valence-corrected chi connectivity index (χ3v) is 6.35. The molecule has 1 aliphatic rings. The second-order valence-electron chi connectivity index (χ2n) is 5.53. The molecule has 2 rings (SSSR count). The number of carbonyl (C=O) groups excluding carboxylic acids is 2. The van der Waals surface area contributed by atoms with Crippen LogP contribution >= 0.6 is 11.3 Å². The number of thiophene rings is 1. The van der Waals surface area contributed by atoms with Gasteiger partial charge in [0.25, 0.3) is 5.91 Å². The molecule has 0 N–H and O–H groups in total. The van der Waals surface area contributed by atoms with Gasteiger partial charge in [-0.25, -0.2) is 8.42 Å². The molecule has 1 saturated heterocycles. The van der Waals surface area contributed by atoms with Gasteiger partial charge in [-0.15, -0.1) is 0 Å².